The number of hydrogen-bond acceptors (Lipinski definition) is 5. The summed E-state index contributed by atoms with van der Waals surface area (Å²) in [5.41, 5.74) is 8.51. The molecule has 1 aliphatic heterocycles. The average molecular weight is 245 g/mol. The number of nitrogens with two attached hydrogens (primary N) is 1. The number of hydrogen-bond donors (Lipinski definition) is 1. The lowest BCUT2D eigenvalue weighted by molar-refractivity contribution is 0.185. The van der Waals surface area contributed by atoms with E-state index in [1.807, 2.05) is 10.9 Å². The van der Waals surface area contributed by atoms with Gasteiger partial charge < -0.3 is 10.5 Å². The predicted octanol–water partition coefficient (Wildman–Crippen LogP) is 1.25. The highest BCUT2D eigenvalue weighted by atomic mass is 16.5. The molecule has 94 valence electrons. The maximum atomic E-state index is 5.91. The first-order chi connectivity index (χ1) is 8.83. The molecule has 6 nitrogen and oxygen atoms in total. The van der Waals surface area contributed by atoms with Gasteiger partial charge in [0.05, 0.1) is 18.3 Å². The van der Waals surface area contributed by atoms with Gasteiger partial charge in [0, 0.05) is 18.7 Å². The maximum Gasteiger partial charge on any atom is 0.179 e. The summed E-state index contributed by atoms with van der Waals surface area (Å²) < 4.78 is 7.31. The first-order valence-corrected chi connectivity index (χ1v) is 6.41. The molecule has 18 heavy (non-hydrogen) atoms. The van der Waals surface area contributed by atoms with Crippen molar-refractivity contribution in [3.63, 3.8) is 0 Å². The second kappa shape index (κ2) is 3.65. The summed E-state index contributed by atoms with van der Waals surface area (Å²) in [5.74, 6) is 1.05. The van der Waals surface area contributed by atoms with Gasteiger partial charge in [-0.1, -0.05) is 0 Å². The molecule has 2 aromatic rings. The van der Waals surface area contributed by atoms with Crippen LogP contribution in [0.3, 0.4) is 0 Å². The molecule has 0 amide bonds. The average Bonchev–Trinajstić information content (AvgIpc) is 3.00. The molecule has 0 spiro atoms. The van der Waals surface area contributed by atoms with Crippen LogP contribution in [0, 0.1) is 0 Å². The third kappa shape index (κ3) is 1.49. The van der Waals surface area contributed by atoms with Crippen LogP contribution in [0.5, 0.6) is 0 Å². The van der Waals surface area contributed by atoms with Crippen LogP contribution >= 0.6 is 0 Å². The van der Waals surface area contributed by atoms with Gasteiger partial charge in [0.1, 0.15) is 0 Å². The molecule has 6 heteroatoms. The summed E-state index contributed by atoms with van der Waals surface area (Å²) in [7, 11) is 0. The summed E-state index contributed by atoms with van der Waals surface area (Å²) in [6, 6.07) is 0.244. The molecule has 3 heterocycles. The fourth-order valence-electron chi connectivity index (χ4n) is 2.49. The molecule has 1 saturated heterocycles. The van der Waals surface area contributed by atoms with E-state index in [0.29, 0.717) is 23.9 Å². The van der Waals surface area contributed by atoms with Crippen molar-refractivity contribution in [1.29, 1.82) is 0 Å². The zero-order valence-corrected chi connectivity index (χ0v) is 10.0. The van der Waals surface area contributed by atoms with Gasteiger partial charge in [-0.3, -0.25) is 0 Å². The van der Waals surface area contributed by atoms with Crippen molar-refractivity contribution in [2.24, 2.45) is 0 Å². The Labute approximate surface area is 104 Å². The lowest BCUT2D eigenvalue weighted by atomic mass is 10.2. The maximum absolute atomic E-state index is 5.91. The van der Waals surface area contributed by atoms with Crippen LogP contribution in [0.25, 0.3) is 11.2 Å². The van der Waals surface area contributed by atoms with Crippen LogP contribution in [-0.4, -0.2) is 33.0 Å². The van der Waals surface area contributed by atoms with Crippen molar-refractivity contribution in [3.05, 3.63) is 11.9 Å². The monoisotopic (exact) mass is 245 g/mol. The Hall–Kier alpha value is -1.69. The van der Waals surface area contributed by atoms with E-state index in [4.69, 9.17) is 15.5 Å². The molecule has 2 aromatic heterocycles. The molecule has 2 fully saturated rings. The van der Waals surface area contributed by atoms with E-state index in [2.05, 4.69) is 10.1 Å². The number of nitrogens with zero attached hydrogens (tertiary/aromatic N) is 4. The normalized spacial score (nSPS) is 23.9. The van der Waals surface area contributed by atoms with Crippen LogP contribution in [0.4, 0.5) is 5.82 Å². The second-order valence-corrected chi connectivity index (χ2v) is 5.09. The molecule has 0 radical (unpaired) electrons. The molecule has 1 atom stereocenters. The fraction of sp³-hybridized carbons (Fsp3) is 0.583. The van der Waals surface area contributed by atoms with Crippen LogP contribution in [0.2, 0.25) is 0 Å². The summed E-state index contributed by atoms with van der Waals surface area (Å²) >= 11 is 0. The summed E-state index contributed by atoms with van der Waals surface area (Å²) in [5, 5.41) is 4.38. The quantitative estimate of drug-likeness (QED) is 0.861. The van der Waals surface area contributed by atoms with Crippen molar-refractivity contribution in [1.82, 2.24) is 19.7 Å². The number of nitrogen functional groups attached to an aromatic ring is 1. The molecule has 1 saturated carbocycles. The van der Waals surface area contributed by atoms with E-state index >= 15 is 0 Å². The molecular weight excluding hydrogens is 230 g/mol. The molecule has 2 N–H and O–H groups in total. The molecular formula is C12H15N5O. The SMILES string of the molecule is Nc1nn(C2CCOC2)c2nc(C3CC3)cnc12. The minimum absolute atomic E-state index is 0.244. The highest BCUT2D eigenvalue weighted by molar-refractivity contribution is 5.82. The number of anilines is 1. The predicted molar refractivity (Wildman–Crippen MR) is 66.2 cm³/mol. The standard InChI is InChI=1S/C12H15N5O/c13-11-10-12(15-9(5-14-10)7-1-2-7)17(16-11)8-3-4-18-6-8/h5,7-8H,1-4,6H2,(H2,13,16). The van der Waals surface area contributed by atoms with Crippen LogP contribution in [-0.2, 0) is 4.74 Å². The number of rotatable bonds is 2. The molecule has 1 unspecified atom stereocenters. The van der Waals surface area contributed by atoms with E-state index in [-0.39, 0.29) is 6.04 Å². The Morgan fingerprint density at radius 1 is 1.33 bits per heavy atom. The van der Waals surface area contributed by atoms with E-state index in [9.17, 15) is 0 Å². The van der Waals surface area contributed by atoms with Crippen molar-refractivity contribution in [3.8, 4) is 0 Å². The first-order valence-electron chi connectivity index (χ1n) is 6.41. The van der Waals surface area contributed by atoms with E-state index in [1.54, 1.807) is 0 Å². The smallest absolute Gasteiger partial charge is 0.179 e. The molecule has 1 aliphatic carbocycles. The highest BCUT2D eigenvalue weighted by Gasteiger charge is 2.28. The van der Waals surface area contributed by atoms with Crippen LogP contribution in [0.1, 0.15) is 36.9 Å². The lowest BCUT2D eigenvalue weighted by Gasteiger charge is -2.08. The van der Waals surface area contributed by atoms with E-state index in [0.717, 1.165) is 24.4 Å². The third-order valence-corrected chi connectivity index (χ3v) is 3.69. The second-order valence-electron chi connectivity index (χ2n) is 5.09. The lowest BCUT2D eigenvalue weighted by Crippen LogP contribution is -2.11. The highest BCUT2D eigenvalue weighted by Crippen LogP contribution is 2.39. The van der Waals surface area contributed by atoms with E-state index in [1.165, 1.54) is 12.8 Å². The molecule has 4 rings (SSSR count). The van der Waals surface area contributed by atoms with Crippen molar-refractivity contribution in [2.75, 3.05) is 18.9 Å². The van der Waals surface area contributed by atoms with Crippen LogP contribution in [0.15, 0.2) is 6.20 Å². The molecule has 2 aliphatic rings. The molecule has 0 aromatic carbocycles. The zero-order chi connectivity index (χ0) is 12.1. The summed E-state index contributed by atoms with van der Waals surface area (Å²) in [6.07, 6.45) is 5.24. The zero-order valence-electron chi connectivity index (χ0n) is 10.0. The van der Waals surface area contributed by atoms with Gasteiger partial charge in [-0.05, 0) is 19.3 Å². The Bertz CT molecular complexity index is 598. The van der Waals surface area contributed by atoms with Gasteiger partial charge >= 0.3 is 0 Å². The Morgan fingerprint density at radius 2 is 2.22 bits per heavy atom. The van der Waals surface area contributed by atoms with Gasteiger partial charge in [0.15, 0.2) is 17.0 Å². The Morgan fingerprint density at radius 3 is 2.94 bits per heavy atom. The topological polar surface area (TPSA) is 78.8 Å². The third-order valence-electron chi connectivity index (χ3n) is 3.69. The van der Waals surface area contributed by atoms with Gasteiger partial charge in [0.2, 0.25) is 0 Å². The summed E-state index contributed by atoms with van der Waals surface area (Å²) in [6.45, 7) is 1.47. The minimum atomic E-state index is 0.244. The minimum Gasteiger partial charge on any atom is -0.380 e. The first kappa shape index (κ1) is 10.3. The van der Waals surface area contributed by atoms with Crippen molar-refractivity contribution in [2.45, 2.75) is 31.2 Å². The van der Waals surface area contributed by atoms with Gasteiger partial charge in [-0.15, -0.1) is 0 Å². The fourth-order valence-corrected chi connectivity index (χ4v) is 2.49. The van der Waals surface area contributed by atoms with Crippen molar-refractivity contribution >= 4 is 17.0 Å². The number of fused-ring (bicyclic) bond motifs is 1. The largest absolute Gasteiger partial charge is 0.380 e. The summed E-state index contributed by atoms with van der Waals surface area (Å²) in [4.78, 5) is 9.13. The number of aromatic nitrogens is 4. The van der Waals surface area contributed by atoms with E-state index < -0.39 is 0 Å². The Balaban J connectivity index is 1.87. The Kier molecular flexibility index (Phi) is 2.08. The van der Waals surface area contributed by atoms with Gasteiger partial charge in [0.25, 0.3) is 0 Å². The molecule has 0 bridgehead atoms. The number of ether oxygens (including phenoxy) is 1. The van der Waals surface area contributed by atoms with Gasteiger partial charge in [-0.25, -0.2) is 14.6 Å². The van der Waals surface area contributed by atoms with Crippen molar-refractivity contribution < 1.29 is 4.74 Å². The van der Waals surface area contributed by atoms with Crippen LogP contribution < -0.4 is 5.73 Å². The van der Waals surface area contributed by atoms with Gasteiger partial charge in [-0.2, -0.15) is 5.10 Å².